The molecule has 4 heteroatoms. The largest absolute Gasteiger partial charge is 0.507 e. The molecular weight excluding hydrogens is 264 g/mol. The molecular formula is C17H22N2O2. The summed E-state index contributed by atoms with van der Waals surface area (Å²) in [5.41, 5.74) is 3.68. The van der Waals surface area contributed by atoms with E-state index in [4.69, 9.17) is 0 Å². The van der Waals surface area contributed by atoms with Crippen molar-refractivity contribution >= 4 is 5.69 Å². The zero-order valence-electron chi connectivity index (χ0n) is 13.0. The first kappa shape index (κ1) is 15.2. The molecule has 1 heterocycles. The highest BCUT2D eigenvalue weighted by Crippen LogP contribution is 2.30. The summed E-state index contributed by atoms with van der Waals surface area (Å²) in [4.78, 5) is 16.9. The summed E-state index contributed by atoms with van der Waals surface area (Å²) in [5, 5.41) is 10.3. The number of aromatic amines is 1. The van der Waals surface area contributed by atoms with Gasteiger partial charge in [-0.3, -0.25) is 4.79 Å². The Labute approximate surface area is 125 Å². The van der Waals surface area contributed by atoms with Gasteiger partial charge in [-0.15, -0.1) is 0 Å². The van der Waals surface area contributed by atoms with E-state index < -0.39 is 0 Å². The number of nitrogens with zero attached hydrogens (tertiary/aromatic N) is 1. The smallest absolute Gasteiger partial charge is 0.255 e. The van der Waals surface area contributed by atoms with Gasteiger partial charge in [-0.1, -0.05) is 25.5 Å². The van der Waals surface area contributed by atoms with Crippen LogP contribution in [0.1, 0.15) is 24.5 Å². The Kier molecular flexibility index (Phi) is 4.36. The summed E-state index contributed by atoms with van der Waals surface area (Å²) in [6.45, 7) is 3.70. The van der Waals surface area contributed by atoms with E-state index in [1.165, 1.54) is 0 Å². The predicted octanol–water partition coefficient (Wildman–Crippen LogP) is 3.07. The first-order chi connectivity index (χ1) is 9.95. The number of pyridine rings is 1. The summed E-state index contributed by atoms with van der Waals surface area (Å²) in [6, 6.07) is 7.93. The van der Waals surface area contributed by atoms with Crippen molar-refractivity contribution in [2.45, 2.75) is 26.7 Å². The number of benzene rings is 1. The van der Waals surface area contributed by atoms with Gasteiger partial charge in [-0.05, 0) is 31.0 Å². The molecule has 4 nitrogen and oxygen atoms in total. The molecule has 21 heavy (non-hydrogen) atoms. The van der Waals surface area contributed by atoms with Gasteiger partial charge in [0.05, 0.1) is 11.3 Å². The minimum absolute atomic E-state index is 0.118. The second-order valence-corrected chi connectivity index (χ2v) is 5.47. The lowest BCUT2D eigenvalue weighted by Crippen LogP contribution is -2.13. The van der Waals surface area contributed by atoms with Crippen LogP contribution in [0.5, 0.6) is 5.75 Å². The Bertz CT molecular complexity index is 685. The maximum atomic E-state index is 11.9. The van der Waals surface area contributed by atoms with Crippen molar-refractivity contribution in [1.82, 2.24) is 4.98 Å². The van der Waals surface area contributed by atoms with Crippen LogP contribution in [0.3, 0.4) is 0 Å². The third-order valence-electron chi connectivity index (χ3n) is 3.69. The number of anilines is 1. The highest BCUT2D eigenvalue weighted by molar-refractivity contribution is 5.68. The zero-order chi connectivity index (χ0) is 15.6. The molecule has 0 radical (unpaired) electrons. The lowest BCUT2D eigenvalue weighted by molar-refractivity contribution is 0.461. The SMILES string of the molecule is CCCc1c(-c2ccc(N(C)C)cc2)[nH]c(=O)c(C)c1O. The summed E-state index contributed by atoms with van der Waals surface area (Å²) in [5.74, 6) is 0.118. The molecule has 0 saturated carbocycles. The summed E-state index contributed by atoms with van der Waals surface area (Å²) < 4.78 is 0. The molecule has 112 valence electrons. The molecule has 2 rings (SSSR count). The minimum atomic E-state index is -0.237. The fourth-order valence-corrected chi connectivity index (χ4v) is 2.40. The number of aromatic hydroxyl groups is 1. The van der Waals surface area contributed by atoms with Gasteiger partial charge in [-0.2, -0.15) is 0 Å². The van der Waals surface area contributed by atoms with Gasteiger partial charge in [0.15, 0.2) is 0 Å². The van der Waals surface area contributed by atoms with Crippen LogP contribution in [-0.2, 0) is 6.42 Å². The van der Waals surface area contributed by atoms with Crippen LogP contribution in [0.15, 0.2) is 29.1 Å². The number of nitrogens with one attached hydrogen (secondary N) is 1. The van der Waals surface area contributed by atoms with E-state index >= 15 is 0 Å². The first-order valence-electron chi connectivity index (χ1n) is 7.18. The van der Waals surface area contributed by atoms with Crippen LogP contribution in [-0.4, -0.2) is 24.2 Å². The number of rotatable bonds is 4. The number of hydrogen-bond acceptors (Lipinski definition) is 3. The maximum Gasteiger partial charge on any atom is 0.255 e. The van der Waals surface area contributed by atoms with Crippen molar-refractivity contribution in [2.24, 2.45) is 0 Å². The van der Waals surface area contributed by atoms with Gasteiger partial charge in [0.1, 0.15) is 5.75 Å². The molecule has 0 bridgehead atoms. The van der Waals surface area contributed by atoms with E-state index in [1.807, 2.05) is 43.3 Å². The molecule has 0 spiro atoms. The fraction of sp³-hybridized carbons (Fsp3) is 0.353. The highest BCUT2D eigenvalue weighted by Gasteiger charge is 2.15. The van der Waals surface area contributed by atoms with E-state index in [-0.39, 0.29) is 11.3 Å². The quantitative estimate of drug-likeness (QED) is 0.908. The summed E-state index contributed by atoms with van der Waals surface area (Å²) >= 11 is 0. The molecule has 0 saturated heterocycles. The van der Waals surface area contributed by atoms with Gasteiger partial charge in [-0.25, -0.2) is 0 Å². The van der Waals surface area contributed by atoms with Crippen LogP contribution in [0.4, 0.5) is 5.69 Å². The van der Waals surface area contributed by atoms with Crippen molar-refractivity contribution in [3.05, 3.63) is 45.7 Å². The van der Waals surface area contributed by atoms with E-state index in [2.05, 4.69) is 11.9 Å². The lowest BCUT2D eigenvalue weighted by Gasteiger charge is -2.15. The van der Waals surface area contributed by atoms with Crippen LogP contribution in [0.2, 0.25) is 0 Å². The minimum Gasteiger partial charge on any atom is -0.507 e. The van der Waals surface area contributed by atoms with E-state index in [0.717, 1.165) is 35.3 Å². The Morgan fingerprint density at radius 3 is 2.33 bits per heavy atom. The topological polar surface area (TPSA) is 56.3 Å². The van der Waals surface area contributed by atoms with E-state index in [0.29, 0.717) is 5.56 Å². The first-order valence-corrected chi connectivity index (χ1v) is 7.18. The second-order valence-electron chi connectivity index (χ2n) is 5.47. The van der Waals surface area contributed by atoms with Crippen molar-refractivity contribution in [1.29, 1.82) is 0 Å². The van der Waals surface area contributed by atoms with Crippen LogP contribution >= 0.6 is 0 Å². The van der Waals surface area contributed by atoms with E-state index in [1.54, 1.807) is 6.92 Å². The normalized spacial score (nSPS) is 10.7. The van der Waals surface area contributed by atoms with Gasteiger partial charge >= 0.3 is 0 Å². The van der Waals surface area contributed by atoms with Crippen LogP contribution in [0.25, 0.3) is 11.3 Å². The fourth-order valence-electron chi connectivity index (χ4n) is 2.40. The molecule has 1 aromatic carbocycles. The molecule has 0 aliphatic heterocycles. The Morgan fingerprint density at radius 2 is 1.81 bits per heavy atom. The average molecular weight is 286 g/mol. The monoisotopic (exact) mass is 286 g/mol. The highest BCUT2D eigenvalue weighted by atomic mass is 16.3. The Morgan fingerprint density at radius 1 is 1.19 bits per heavy atom. The van der Waals surface area contributed by atoms with Crippen molar-refractivity contribution in [3.63, 3.8) is 0 Å². The van der Waals surface area contributed by atoms with E-state index in [9.17, 15) is 9.90 Å². The zero-order valence-corrected chi connectivity index (χ0v) is 13.0. The van der Waals surface area contributed by atoms with Crippen molar-refractivity contribution in [2.75, 3.05) is 19.0 Å². The maximum absolute atomic E-state index is 11.9. The molecule has 0 unspecified atom stereocenters. The van der Waals surface area contributed by atoms with Gasteiger partial charge in [0.25, 0.3) is 5.56 Å². The lowest BCUT2D eigenvalue weighted by atomic mass is 9.99. The molecule has 0 fully saturated rings. The third kappa shape index (κ3) is 2.94. The summed E-state index contributed by atoms with van der Waals surface area (Å²) in [7, 11) is 3.97. The number of aromatic nitrogens is 1. The molecule has 1 aromatic heterocycles. The standard InChI is InChI=1S/C17H22N2O2/c1-5-6-14-15(18-17(21)11(2)16(14)20)12-7-9-13(10-8-12)19(3)4/h7-10H,5-6H2,1-4H3,(H2,18,20,21). The molecule has 2 N–H and O–H groups in total. The molecule has 0 aliphatic carbocycles. The summed E-state index contributed by atoms with van der Waals surface area (Å²) in [6.07, 6.45) is 1.63. The number of hydrogen-bond donors (Lipinski definition) is 2. The second kappa shape index (κ2) is 6.04. The average Bonchev–Trinajstić information content (AvgIpc) is 2.48. The van der Waals surface area contributed by atoms with Crippen LogP contribution in [0, 0.1) is 6.92 Å². The van der Waals surface area contributed by atoms with Crippen LogP contribution < -0.4 is 10.5 Å². The predicted molar refractivity (Wildman–Crippen MR) is 87.2 cm³/mol. The third-order valence-corrected chi connectivity index (χ3v) is 3.69. The molecule has 0 atom stereocenters. The Hall–Kier alpha value is -2.23. The molecule has 0 amide bonds. The van der Waals surface area contributed by atoms with Gasteiger partial charge in [0, 0.05) is 25.3 Å². The molecule has 0 aliphatic rings. The Balaban J connectivity index is 2.59. The van der Waals surface area contributed by atoms with Crippen molar-refractivity contribution in [3.8, 4) is 17.0 Å². The van der Waals surface area contributed by atoms with Gasteiger partial charge < -0.3 is 15.0 Å². The van der Waals surface area contributed by atoms with Crippen molar-refractivity contribution < 1.29 is 5.11 Å². The van der Waals surface area contributed by atoms with Gasteiger partial charge in [0.2, 0.25) is 0 Å². The number of H-pyrrole nitrogens is 1. The molecule has 2 aromatic rings.